The molecule has 2 saturated carbocycles. The minimum atomic E-state index is 0.376. The number of thioether (sulfide) groups is 1. The highest BCUT2D eigenvalue weighted by Gasteiger charge is 2.47. The van der Waals surface area contributed by atoms with Gasteiger partial charge in [0.05, 0.1) is 0 Å². The molecule has 26 heavy (non-hydrogen) atoms. The zero-order valence-electron chi connectivity index (χ0n) is 16.1. The van der Waals surface area contributed by atoms with Crippen molar-refractivity contribution < 1.29 is 4.79 Å². The third-order valence-electron chi connectivity index (χ3n) is 6.87. The van der Waals surface area contributed by atoms with Crippen molar-refractivity contribution in [1.82, 2.24) is 0 Å². The molecule has 3 atom stereocenters. The van der Waals surface area contributed by atoms with E-state index in [1.165, 1.54) is 43.2 Å². The Labute approximate surface area is 163 Å². The molecule has 2 N–H and O–H groups in total. The molecular formula is C23H33NOS. The molecule has 0 heterocycles. The van der Waals surface area contributed by atoms with Gasteiger partial charge in [-0.2, -0.15) is 11.8 Å². The Morgan fingerprint density at radius 1 is 1.31 bits per heavy atom. The average Bonchev–Trinajstić information content (AvgIpc) is 2.68. The van der Waals surface area contributed by atoms with Gasteiger partial charge in [-0.05, 0) is 91.9 Å². The number of hydrogen-bond acceptors (Lipinski definition) is 3. The first kappa shape index (κ1) is 19.7. The van der Waals surface area contributed by atoms with Crippen LogP contribution >= 0.6 is 11.8 Å². The van der Waals surface area contributed by atoms with Crippen LogP contribution in [-0.4, -0.2) is 24.8 Å². The maximum Gasteiger partial charge on any atom is 0.146 e. The van der Waals surface area contributed by atoms with Gasteiger partial charge in [-0.25, -0.2) is 0 Å². The van der Waals surface area contributed by atoms with Crippen LogP contribution in [0.1, 0.15) is 50.5 Å². The van der Waals surface area contributed by atoms with Crippen LogP contribution in [0.4, 0.5) is 0 Å². The normalized spacial score (nSPS) is 30.5. The SMILES string of the molecule is CSCC/C(C=O)=C1/CC[C@@]2(Cc3ccccc3)CCC[C@H](CN)C2C1. The lowest BCUT2D eigenvalue weighted by molar-refractivity contribution is -0.105. The van der Waals surface area contributed by atoms with Gasteiger partial charge in [0, 0.05) is 0 Å². The fourth-order valence-electron chi connectivity index (χ4n) is 5.48. The van der Waals surface area contributed by atoms with Crippen LogP contribution in [0.25, 0.3) is 0 Å². The third-order valence-corrected chi connectivity index (χ3v) is 7.48. The van der Waals surface area contributed by atoms with E-state index >= 15 is 0 Å². The van der Waals surface area contributed by atoms with Gasteiger partial charge in [-0.3, -0.25) is 4.79 Å². The fraction of sp³-hybridized carbons (Fsp3) is 0.609. The molecule has 0 spiro atoms. The molecule has 0 saturated heterocycles. The molecule has 3 rings (SSSR count). The van der Waals surface area contributed by atoms with Crippen LogP contribution in [0, 0.1) is 17.3 Å². The van der Waals surface area contributed by atoms with E-state index in [0.29, 0.717) is 17.3 Å². The minimum Gasteiger partial charge on any atom is -0.330 e. The maximum atomic E-state index is 11.7. The summed E-state index contributed by atoms with van der Waals surface area (Å²) in [4.78, 5) is 11.7. The molecule has 1 aromatic carbocycles. The number of benzene rings is 1. The Morgan fingerprint density at radius 2 is 2.12 bits per heavy atom. The number of fused-ring (bicyclic) bond motifs is 1. The van der Waals surface area contributed by atoms with Gasteiger partial charge in [0.25, 0.3) is 0 Å². The second kappa shape index (κ2) is 9.23. The molecule has 0 aliphatic heterocycles. The van der Waals surface area contributed by atoms with E-state index in [9.17, 15) is 4.79 Å². The van der Waals surface area contributed by atoms with Crippen LogP contribution in [0.5, 0.6) is 0 Å². The van der Waals surface area contributed by atoms with Crippen molar-refractivity contribution in [3.05, 3.63) is 47.0 Å². The zero-order chi connectivity index (χ0) is 18.4. The van der Waals surface area contributed by atoms with Crippen LogP contribution in [0.2, 0.25) is 0 Å². The molecule has 0 radical (unpaired) electrons. The number of carbonyl (C=O) groups is 1. The van der Waals surface area contributed by atoms with Crippen molar-refractivity contribution >= 4 is 18.0 Å². The number of hydrogen-bond donors (Lipinski definition) is 1. The van der Waals surface area contributed by atoms with E-state index in [-0.39, 0.29) is 0 Å². The van der Waals surface area contributed by atoms with Crippen molar-refractivity contribution in [2.45, 2.75) is 51.4 Å². The average molecular weight is 372 g/mol. The second-order valence-electron chi connectivity index (χ2n) is 8.21. The molecule has 0 bridgehead atoms. The third kappa shape index (κ3) is 4.26. The number of aldehydes is 1. The molecule has 2 fully saturated rings. The zero-order valence-corrected chi connectivity index (χ0v) is 16.9. The topological polar surface area (TPSA) is 43.1 Å². The number of rotatable bonds is 7. The molecule has 142 valence electrons. The first-order valence-corrected chi connectivity index (χ1v) is 11.5. The maximum absolute atomic E-state index is 11.7. The van der Waals surface area contributed by atoms with Gasteiger partial charge in [0.1, 0.15) is 6.29 Å². The highest BCUT2D eigenvalue weighted by molar-refractivity contribution is 7.98. The Kier molecular flexibility index (Phi) is 6.99. The van der Waals surface area contributed by atoms with E-state index in [1.54, 1.807) is 0 Å². The molecule has 0 aromatic heterocycles. The van der Waals surface area contributed by atoms with Crippen LogP contribution in [0.15, 0.2) is 41.5 Å². The summed E-state index contributed by atoms with van der Waals surface area (Å²) in [6, 6.07) is 11.0. The monoisotopic (exact) mass is 371 g/mol. The van der Waals surface area contributed by atoms with Crippen molar-refractivity contribution in [2.24, 2.45) is 23.0 Å². The summed E-state index contributed by atoms with van der Waals surface area (Å²) in [7, 11) is 0. The summed E-state index contributed by atoms with van der Waals surface area (Å²) in [6.07, 6.45) is 12.6. The van der Waals surface area contributed by atoms with E-state index in [0.717, 1.165) is 43.4 Å². The van der Waals surface area contributed by atoms with Crippen LogP contribution < -0.4 is 5.73 Å². The largest absolute Gasteiger partial charge is 0.330 e. The molecule has 2 aliphatic carbocycles. The lowest BCUT2D eigenvalue weighted by atomic mass is 9.53. The van der Waals surface area contributed by atoms with Gasteiger partial charge >= 0.3 is 0 Å². The Bertz CT molecular complexity index is 626. The van der Waals surface area contributed by atoms with Gasteiger partial charge in [-0.15, -0.1) is 0 Å². The van der Waals surface area contributed by atoms with Gasteiger partial charge in [0.2, 0.25) is 0 Å². The number of carbonyl (C=O) groups excluding carboxylic acids is 1. The van der Waals surface area contributed by atoms with E-state index < -0.39 is 0 Å². The molecular weight excluding hydrogens is 338 g/mol. The van der Waals surface area contributed by atoms with Gasteiger partial charge in [-0.1, -0.05) is 42.3 Å². The number of nitrogens with two attached hydrogens (primary N) is 1. The van der Waals surface area contributed by atoms with Crippen molar-refractivity contribution in [2.75, 3.05) is 18.6 Å². The van der Waals surface area contributed by atoms with Crippen molar-refractivity contribution in [3.63, 3.8) is 0 Å². The Balaban J connectivity index is 1.87. The fourth-order valence-corrected chi connectivity index (χ4v) is 5.90. The molecule has 1 unspecified atom stereocenters. The lowest BCUT2D eigenvalue weighted by Gasteiger charge is -2.52. The molecule has 3 heteroatoms. The predicted molar refractivity (Wildman–Crippen MR) is 112 cm³/mol. The highest BCUT2D eigenvalue weighted by atomic mass is 32.2. The number of allylic oxidation sites excluding steroid dienone is 2. The summed E-state index contributed by atoms with van der Waals surface area (Å²) in [5, 5.41) is 0. The molecule has 2 nitrogen and oxygen atoms in total. The minimum absolute atomic E-state index is 0.376. The van der Waals surface area contributed by atoms with Crippen molar-refractivity contribution in [3.8, 4) is 0 Å². The van der Waals surface area contributed by atoms with Gasteiger partial charge in [0.15, 0.2) is 0 Å². The van der Waals surface area contributed by atoms with E-state index in [4.69, 9.17) is 5.73 Å². The second-order valence-corrected chi connectivity index (χ2v) is 9.20. The van der Waals surface area contributed by atoms with Crippen molar-refractivity contribution in [1.29, 1.82) is 0 Å². The highest BCUT2D eigenvalue weighted by Crippen LogP contribution is 2.56. The summed E-state index contributed by atoms with van der Waals surface area (Å²) < 4.78 is 0. The van der Waals surface area contributed by atoms with Gasteiger partial charge < -0.3 is 5.73 Å². The predicted octanol–water partition coefficient (Wildman–Crippen LogP) is 5.02. The smallest absolute Gasteiger partial charge is 0.146 e. The van der Waals surface area contributed by atoms with Crippen LogP contribution in [-0.2, 0) is 11.2 Å². The summed E-state index contributed by atoms with van der Waals surface area (Å²) >= 11 is 1.83. The first-order chi connectivity index (χ1) is 12.7. The first-order valence-electron chi connectivity index (χ1n) is 10.1. The standard InChI is InChI=1S/C23H33NOS/c1-26-13-10-21(17-25)19-9-12-23(15-18-6-3-2-4-7-18)11-5-8-20(16-24)22(23)14-19/h2-4,6-7,17,20,22H,5,8-16,24H2,1H3/b21-19+/t20-,22?,23-/m1/s1. The Hall–Kier alpha value is -1.06. The lowest BCUT2D eigenvalue weighted by Crippen LogP contribution is -2.46. The van der Waals surface area contributed by atoms with Crippen LogP contribution in [0.3, 0.4) is 0 Å². The quantitative estimate of drug-likeness (QED) is 0.540. The summed E-state index contributed by atoms with van der Waals surface area (Å²) in [5.41, 5.74) is 10.6. The molecule has 0 amide bonds. The summed E-state index contributed by atoms with van der Waals surface area (Å²) in [5.74, 6) is 2.28. The molecule has 2 aliphatic rings. The Morgan fingerprint density at radius 3 is 2.81 bits per heavy atom. The van der Waals surface area contributed by atoms with E-state index in [1.807, 2.05) is 11.8 Å². The summed E-state index contributed by atoms with van der Waals surface area (Å²) in [6.45, 7) is 0.787. The van der Waals surface area contributed by atoms with E-state index in [2.05, 4.69) is 36.6 Å². The molecule has 1 aromatic rings.